The number of benzene rings is 1. The zero-order valence-corrected chi connectivity index (χ0v) is 13.1. The van der Waals surface area contributed by atoms with Gasteiger partial charge in [0.2, 0.25) is 0 Å². The van der Waals surface area contributed by atoms with Gasteiger partial charge in [-0.3, -0.25) is 0 Å². The molecule has 0 amide bonds. The van der Waals surface area contributed by atoms with Gasteiger partial charge in [-0.05, 0) is 32.1 Å². The molecule has 1 aromatic rings. The van der Waals surface area contributed by atoms with Gasteiger partial charge in [0.25, 0.3) is 0 Å². The maximum absolute atomic E-state index is 13.9. The third-order valence-electron chi connectivity index (χ3n) is 3.62. The topological polar surface area (TPSA) is 18.5 Å². The van der Waals surface area contributed by atoms with Gasteiger partial charge >= 0.3 is 0 Å². The second-order valence-corrected chi connectivity index (χ2v) is 6.14. The molecule has 1 aliphatic rings. The SMILES string of the molecule is COc1cc(F)c(C(Br)CCC2CCCCO2)c(F)c1. The highest BCUT2D eigenvalue weighted by Gasteiger charge is 2.21. The van der Waals surface area contributed by atoms with Crippen molar-refractivity contribution < 1.29 is 18.3 Å². The van der Waals surface area contributed by atoms with E-state index in [0.29, 0.717) is 6.42 Å². The predicted octanol–water partition coefficient (Wildman–Crippen LogP) is 4.76. The summed E-state index contributed by atoms with van der Waals surface area (Å²) in [7, 11) is 1.39. The summed E-state index contributed by atoms with van der Waals surface area (Å²) in [6.45, 7) is 0.795. The summed E-state index contributed by atoms with van der Waals surface area (Å²) in [5.74, 6) is -0.958. The minimum Gasteiger partial charge on any atom is -0.497 e. The lowest BCUT2D eigenvalue weighted by molar-refractivity contribution is 0.0101. The van der Waals surface area contributed by atoms with Crippen molar-refractivity contribution in [2.75, 3.05) is 13.7 Å². The van der Waals surface area contributed by atoms with Crippen LogP contribution in [-0.4, -0.2) is 19.8 Å². The summed E-state index contributed by atoms with van der Waals surface area (Å²) in [5.41, 5.74) is 0.0709. The number of alkyl halides is 1. The Labute approximate surface area is 126 Å². The first-order valence-electron chi connectivity index (χ1n) is 6.90. The minimum atomic E-state index is -0.576. The number of ether oxygens (including phenoxy) is 2. The van der Waals surface area contributed by atoms with Crippen LogP contribution in [0.3, 0.4) is 0 Å². The second kappa shape index (κ2) is 7.36. The van der Waals surface area contributed by atoms with Crippen LogP contribution in [-0.2, 0) is 4.74 Å². The highest BCUT2D eigenvalue weighted by Crippen LogP contribution is 2.35. The van der Waals surface area contributed by atoms with Crippen molar-refractivity contribution in [3.8, 4) is 5.75 Å². The second-order valence-electron chi connectivity index (χ2n) is 5.04. The van der Waals surface area contributed by atoms with E-state index in [1.807, 2.05) is 0 Å². The first-order valence-corrected chi connectivity index (χ1v) is 7.82. The first kappa shape index (κ1) is 15.7. The molecule has 1 heterocycles. The van der Waals surface area contributed by atoms with Gasteiger partial charge in [-0.1, -0.05) is 15.9 Å². The van der Waals surface area contributed by atoms with E-state index in [0.717, 1.165) is 25.9 Å². The summed E-state index contributed by atoms with van der Waals surface area (Å²) in [6, 6.07) is 2.42. The molecule has 5 heteroatoms. The van der Waals surface area contributed by atoms with E-state index in [-0.39, 0.29) is 22.2 Å². The third kappa shape index (κ3) is 3.92. The van der Waals surface area contributed by atoms with Crippen LogP contribution in [0, 0.1) is 11.6 Å². The number of rotatable bonds is 5. The molecule has 1 fully saturated rings. The maximum atomic E-state index is 13.9. The van der Waals surface area contributed by atoms with Gasteiger partial charge in [-0.25, -0.2) is 8.78 Å². The third-order valence-corrected chi connectivity index (χ3v) is 4.53. The van der Waals surface area contributed by atoms with Gasteiger partial charge in [-0.2, -0.15) is 0 Å². The van der Waals surface area contributed by atoms with Crippen LogP contribution >= 0.6 is 15.9 Å². The Bertz CT molecular complexity index is 424. The van der Waals surface area contributed by atoms with E-state index in [9.17, 15) is 8.78 Å². The molecule has 0 radical (unpaired) electrons. The highest BCUT2D eigenvalue weighted by molar-refractivity contribution is 9.09. The summed E-state index contributed by atoms with van der Waals surface area (Å²) in [4.78, 5) is -0.348. The van der Waals surface area contributed by atoms with Crippen LogP contribution in [0.2, 0.25) is 0 Å². The molecule has 1 aliphatic heterocycles. The Kier molecular flexibility index (Phi) is 5.78. The molecule has 1 saturated heterocycles. The zero-order chi connectivity index (χ0) is 14.5. The van der Waals surface area contributed by atoms with Crippen molar-refractivity contribution in [3.63, 3.8) is 0 Å². The van der Waals surface area contributed by atoms with Gasteiger partial charge in [-0.15, -0.1) is 0 Å². The van der Waals surface area contributed by atoms with Gasteiger partial charge < -0.3 is 9.47 Å². The van der Waals surface area contributed by atoms with E-state index in [4.69, 9.17) is 9.47 Å². The van der Waals surface area contributed by atoms with E-state index >= 15 is 0 Å². The van der Waals surface area contributed by atoms with Crippen molar-refractivity contribution >= 4 is 15.9 Å². The highest BCUT2D eigenvalue weighted by atomic mass is 79.9. The smallest absolute Gasteiger partial charge is 0.134 e. The molecule has 2 rings (SSSR count). The first-order chi connectivity index (χ1) is 9.61. The van der Waals surface area contributed by atoms with Crippen LogP contribution in [0.1, 0.15) is 42.5 Å². The van der Waals surface area contributed by atoms with E-state index in [2.05, 4.69) is 15.9 Å². The lowest BCUT2D eigenvalue weighted by Crippen LogP contribution is -2.19. The summed E-state index contributed by atoms with van der Waals surface area (Å²) >= 11 is 3.38. The van der Waals surface area contributed by atoms with Crippen LogP contribution in [0.5, 0.6) is 5.75 Å². The number of methoxy groups -OCH3 is 1. The zero-order valence-electron chi connectivity index (χ0n) is 11.5. The van der Waals surface area contributed by atoms with Crippen LogP contribution in [0.25, 0.3) is 0 Å². The molecule has 0 saturated carbocycles. The van der Waals surface area contributed by atoms with E-state index < -0.39 is 11.6 Å². The largest absolute Gasteiger partial charge is 0.497 e. The molecule has 2 unspecified atom stereocenters. The van der Waals surface area contributed by atoms with Crippen molar-refractivity contribution in [1.82, 2.24) is 0 Å². The summed E-state index contributed by atoms with van der Waals surface area (Å²) < 4.78 is 38.3. The molecule has 1 aromatic carbocycles. The number of halogens is 3. The predicted molar refractivity (Wildman–Crippen MR) is 77.4 cm³/mol. The quantitative estimate of drug-likeness (QED) is 0.714. The van der Waals surface area contributed by atoms with Crippen LogP contribution in [0.15, 0.2) is 12.1 Å². The van der Waals surface area contributed by atoms with Crippen LogP contribution < -0.4 is 4.74 Å². The van der Waals surface area contributed by atoms with Gasteiger partial charge in [0, 0.05) is 29.1 Å². The fourth-order valence-electron chi connectivity index (χ4n) is 2.49. The van der Waals surface area contributed by atoms with E-state index in [1.165, 1.54) is 25.7 Å². The summed E-state index contributed by atoms with van der Waals surface area (Å²) in [5, 5.41) is 0. The van der Waals surface area contributed by atoms with E-state index in [1.54, 1.807) is 0 Å². The fourth-order valence-corrected chi connectivity index (χ4v) is 3.19. The molecule has 2 atom stereocenters. The normalized spacial score (nSPS) is 20.7. The maximum Gasteiger partial charge on any atom is 0.134 e. The van der Waals surface area contributed by atoms with Crippen LogP contribution in [0.4, 0.5) is 8.78 Å². The standard InChI is InChI=1S/C15H19BrF2O2/c1-19-11-8-13(17)15(14(18)9-11)12(16)6-5-10-4-2-3-7-20-10/h8-10,12H,2-7H2,1H3. The molecule has 0 bridgehead atoms. The molecule has 2 nitrogen and oxygen atoms in total. The Morgan fingerprint density at radius 3 is 2.60 bits per heavy atom. The van der Waals surface area contributed by atoms with Crippen molar-refractivity contribution in [1.29, 1.82) is 0 Å². The lowest BCUT2D eigenvalue weighted by atomic mass is 10.0. The molecular formula is C15H19BrF2O2. The average molecular weight is 349 g/mol. The molecule has 0 aromatic heterocycles. The van der Waals surface area contributed by atoms with Crippen molar-refractivity contribution in [3.05, 3.63) is 29.3 Å². The average Bonchev–Trinajstić information content (AvgIpc) is 2.45. The lowest BCUT2D eigenvalue weighted by Gasteiger charge is -2.23. The van der Waals surface area contributed by atoms with Crippen molar-refractivity contribution in [2.45, 2.75) is 43.0 Å². The van der Waals surface area contributed by atoms with Crippen molar-refractivity contribution in [2.24, 2.45) is 0 Å². The monoisotopic (exact) mass is 348 g/mol. The minimum absolute atomic E-state index is 0.0709. The number of hydrogen-bond acceptors (Lipinski definition) is 2. The Hall–Kier alpha value is -0.680. The fraction of sp³-hybridized carbons (Fsp3) is 0.600. The molecule has 20 heavy (non-hydrogen) atoms. The van der Waals surface area contributed by atoms with Gasteiger partial charge in [0.05, 0.1) is 13.2 Å². The summed E-state index contributed by atoms with van der Waals surface area (Å²) in [6.07, 6.45) is 4.98. The molecule has 112 valence electrons. The molecular weight excluding hydrogens is 330 g/mol. The molecule has 0 spiro atoms. The molecule has 0 aliphatic carbocycles. The van der Waals surface area contributed by atoms with Gasteiger partial charge in [0.1, 0.15) is 17.4 Å². The Morgan fingerprint density at radius 1 is 1.35 bits per heavy atom. The van der Waals surface area contributed by atoms with Gasteiger partial charge in [0.15, 0.2) is 0 Å². The Morgan fingerprint density at radius 2 is 2.05 bits per heavy atom. The molecule has 0 N–H and O–H groups in total. The number of hydrogen-bond donors (Lipinski definition) is 0. The Balaban J connectivity index is 1.99.